The van der Waals surface area contributed by atoms with Gasteiger partial charge in [0.15, 0.2) is 0 Å². The standard InChI is InChI=1S/C22H16F2N2O2S2/c23-18-9-15(10-19(24)12-18)14-30(27,28)26-20-8-4-7-17(11-20)21-13-29-22(25-21)16-5-2-1-3-6-16/h1-13,26H,14H2. The van der Waals surface area contributed by atoms with Gasteiger partial charge in [-0.1, -0.05) is 42.5 Å². The van der Waals surface area contributed by atoms with Crippen molar-refractivity contribution in [3.8, 4) is 21.8 Å². The first-order chi connectivity index (χ1) is 14.4. The van der Waals surface area contributed by atoms with Gasteiger partial charge in [-0.05, 0) is 29.8 Å². The molecule has 4 aromatic rings. The first-order valence-electron chi connectivity index (χ1n) is 8.95. The van der Waals surface area contributed by atoms with Crippen LogP contribution < -0.4 is 4.72 Å². The third-order valence-corrected chi connectivity index (χ3v) is 6.39. The van der Waals surface area contributed by atoms with Crippen LogP contribution in [-0.2, 0) is 15.8 Å². The van der Waals surface area contributed by atoms with Crippen LogP contribution >= 0.6 is 11.3 Å². The second-order valence-corrected chi connectivity index (χ2v) is 9.20. The van der Waals surface area contributed by atoms with Crippen molar-refractivity contribution < 1.29 is 17.2 Å². The number of thiazole rings is 1. The lowest BCUT2D eigenvalue weighted by Gasteiger charge is -2.09. The quantitative estimate of drug-likeness (QED) is 0.417. The third-order valence-electron chi connectivity index (χ3n) is 4.24. The summed E-state index contributed by atoms with van der Waals surface area (Å²) in [4.78, 5) is 4.63. The number of halogens is 2. The molecule has 0 radical (unpaired) electrons. The highest BCUT2D eigenvalue weighted by molar-refractivity contribution is 7.91. The molecule has 0 saturated heterocycles. The number of aromatic nitrogens is 1. The molecule has 0 aliphatic heterocycles. The van der Waals surface area contributed by atoms with Crippen LogP contribution in [0.3, 0.4) is 0 Å². The van der Waals surface area contributed by atoms with E-state index >= 15 is 0 Å². The Morgan fingerprint density at radius 1 is 0.867 bits per heavy atom. The Kier molecular flexibility index (Phi) is 5.61. The number of rotatable bonds is 6. The second-order valence-electron chi connectivity index (χ2n) is 6.62. The average molecular weight is 443 g/mol. The van der Waals surface area contributed by atoms with E-state index in [0.717, 1.165) is 34.0 Å². The lowest BCUT2D eigenvalue weighted by Crippen LogP contribution is -2.15. The van der Waals surface area contributed by atoms with Gasteiger partial charge in [0.05, 0.1) is 11.4 Å². The van der Waals surface area contributed by atoms with E-state index in [4.69, 9.17) is 0 Å². The van der Waals surface area contributed by atoms with Crippen molar-refractivity contribution in [1.82, 2.24) is 4.98 Å². The number of nitrogens with one attached hydrogen (secondary N) is 1. The van der Waals surface area contributed by atoms with Gasteiger partial charge in [0.2, 0.25) is 10.0 Å². The molecule has 0 fully saturated rings. The van der Waals surface area contributed by atoms with E-state index in [9.17, 15) is 17.2 Å². The molecule has 0 aliphatic carbocycles. The van der Waals surface area contributed by atoms with Gasteiger partial charge in [-0.25, -0.2) is 22.2 Å². The van der Waals surface area contributed by atoms with Gasteiger partial charge < -0.3 is 0 Å². The molecule has 152 valence electrons. The highest BCUT2D eigenvalue weighted by Crippen LogP contribution is 2.30. The van der Waals surface area contributed by atoms with E-state index in [1.807, 2.05) is 41.8 Å². The Morgan fingerprint density at radius 2 is 1.57 bits per heavy atom. The number of benzene rings is 3. The lowest BCUT2D eigenvalue weighted by atomic mass is 10.1. The van der Waals surface area contributed by atoms with Gasteiger partial charge in [0, 0.05) is 28.3 Å². The van der Waals surface area contributed by atoms with Crippen LogP contribution in [0.25, 0.3) is 21.8 Å². The Balaban J connectivity index is 1.54. The summed E-state index contributed by atoms with van der Waals surface area (Å²) in [6, 6.07) is 19.3. The second kappa shape index (κ2) is 8.33. The monoisotopic (exact) mass is 442 g/mol. The molecule has 30 heavy (non-hydrogen) atoms. The fourth-order valence-corrected chi connectivity index (χ4v) is 4.99. The van der Waals surface area contributed by atoms with Crippen LogP contribution in [0.1, 0.15) is 5.56 Å². The summed E-state index contributed by atoms with van der Waals surface area (Å²) >= 11 is 1.50. The minimum absolute atomic E-state index is 0.0307. The van der Waals surface area contributed by atoms with E-state index in [-0.39, 0.29) is 5.56 Å². The summed E-state index contributed by atoms with van der Waals surface area (Å²) in [5, 5.41) is 2.77. The SMILES string of the molecule is O=S(=O)(Cc1cc(F)cc(F)c1)Nc1cccc(-c2csc(-c3ccccc3)n2)c1. The molecule has 0 unspecified atom stereocenters. The van der Waals surface area contributed by atoms with Crippen molar-refractivity contribution >= 4 is 27.0 Å². The molecule has 1 heterocycles. The molecule has 4 nitrogen and oxygen atoms in total. The number of nitrogens with zero attached hydrogens (tertiary/aromatic N) is 1. The van der Waals surface area contributed by atoms with E-state index < -0.39 is 27.4 Å². The third kappa shape index (κ3) is 4.90. The summed E-state index contributed by atoms with van der Waals surface area (Å²) < 4.78 is 54.0. The molecule has 4 rings (SSSR count). The van der Waals surface area contributed by atoms with E-state index in [2.05, 4.69) is 9.71 Å². The highest BCUT2D eigenvalue weighted by Gasteiger charge is 2.14. The minimum Gasteiger partial charge on any atom is -0.283 e. The van der Waals surface area contributed by atoms with Crippen molar-refractivity contribution in [2.45, 2.75) is 5.75 Å². The Labute approximate surface area is 176 Å². The molecular formula is C22H16F2N2O2S2. The zero-order chi connectivity index (χ0) is 21.1. The molecule has 0 atom stereocenters. The molecule has 0 spiro atoms. The summed E-state index contributed by atoms with van der Waals surface area (Å²) in [6.07, 6.45) is 0. The highest BCUT2D eigenvalue weighted by atomic mass is 32.2. The van der Waals surface area contributed by atoms with Gasteiger partial charge >= 0.3 is 0 Å². The Morgan fingerprint density at radius 3 is 2.30 bits per heavy atom. The first-order valence-corrected chi connectivity index (χ1v) is 11.5. The topological polar surface area (TPSA) is 59.1 Å². The van der Waals surface area contributed by atoms with Crippen LogP contribution in [0, 0.1) is 11.6 Å². The Hall–Kier alpha value is -3.10. The minimum atomic E-state index is -3.86. The van der Waals surface area contributed by atoms with E-state index in [1.165, 1.54) is 11.3 Å². The van der Waals surface area contributed by atoms with Crippen LogP contribution in [0.2, 0.25) is 0 Å². The lowest BCUT2D eigenvalue weighted by molar-refractivity contribution is 0.579. The maximum absolute atomic E-state index is 13.3. The molecule has 1 N–H and O–H groups in total. The number of hydrogen-bond donors (Lipinski definition) is 1. The zero-order valence-corrected chi connectivity index (χ0v) is 17.2. The molecule has 8 heteroatoms. The predicted molar refractivity (Wildman–Crippen MR) is 116 cm³/mol. The van der Waals surface area contributed by atoms with Gasteiger partial charge in [0.25, 0.3) is 0 Å². The van der Waals surface area contributed by atoms with Crippen LogP contribution in [0.4, 0.5) is 14.5 Å². The van der Waals surface area contributed by atoms with Crippen molar-refractivity contribution in [3.05, 3.63) is 95.4 Å². The summed E-state index contributed by atoms with van der Waals surface area (Å²) in [5.41, 5.74) is 2.87. The van der Waals surface area contributed by atoms with Crippen LogP contribution in [0.5, 0.6) is 0 Å². The molecular weight excluding hydrogens is 426 g/mol. The van der Waals surface area contributed by atoms with Gasteiger partial charge in [-0.2, -0.15) is 0 Å². The maximum atomic E-state index is 13.3. The molecule has 0 amide bonds. The fourth-order valence-electron chi connectivity index (χ4n) is 2.99. The normalized spacial score (nSPS) is 11.4. The van der Waals surface area contributed by atoms with Crippen LogP contribution in [-0.4, -0.2) is 13.4 Å². The molecule has 0 bridgehead atoms. The molecule has 1 aromatic heterocycles. The largest absolute Gasteiger partial charge is 0.283 e. The van der Waals surface area contributed by atoms with E-state index in [0.29, 0.717) is 11.8 Å². The smallest absolute Gasteiger partial charge is 0.236 e. The average Bonchev–Trinajstić information content (AvgIpc) is 3.17. The van der Waals surface area contributed by atoms with Crippen molar-refractivity contribution in [1.29, 1.82) is 0 Å². The number of anilines is 1. The number of sulfonamides is 1. The van der Waals surface area contributed by atoms with Crippen molar-refractivity contribution in [2.24, 2.45) is 0 Å². The summed E-state index contributed by atoms with van der Waals surface area (Å²) in [6.45, 7) is 0. The van der Waals surface area contributed by atoms with Crippen LogP contribution in [0.15, 0.2) is 78.2 Å². The van der Waals surface area contributed by atoms with Gasteiger partial charge in [0.1, 0.15) is 16.6 Å². The zero-order valence-electron chi connectivity index (χ0n) is 15.5. The van der Waals surface area contributed by atoms with E-state index in [1.54, 1.807) is 18.2 Å². The van der Waals surface area contributed by atoms with Gasteiger partial charge in [-0.3, -0.25) is 4.72 Å². The summed E-state index contributed by atoms with van der Waals surface area (Å²) in [5.74, 6) is -2.18. The molecule has 0 aliphatic rings. The Bertz CT molecular complexity index is 1270. The van der Waals surface area contributed by atoms with Crippen molar-refractivity contribution in [3.63, 3.8) is 0 Å². The number of hydrogen-bond acceptors (Lipinski definition) is 4. The van der Waals surface area contributed by atoms with Crippen molar-refractivity contribution in [2.75, 3.05) is 4.72 Å². The molecule has 0 saturated carbocycles. The predicted octanol–water partition coefficient (Wildman–Crippen LogP) is 5.70. The molecule has 3 aromatic carbocycles. The maximum Gasteiger partial charge on any atom is 0.236 e. The first kappa shape index (κ1) is 20.2. The van der Waals surface area contributed by atoms with Gasteiger partial charge in [-0.15, -0.1) is 11.3 Å². The summed E-state index contributed by atoms with van der Waals surface area (Å²) in [7, 11) is -3.86. The fraction of sp³-hybridized carbons (Fsp3) is 0.0455.